The molecule has 0 unspecified atom stereocenters. The van der Waals surface area contributed by atoms with Crippen LogP contribution in [0.15, 0.2) is 45.5 Å². The van der Waals surface area contributed by atoms with Crippen molar-refractivity contribution < 1.29 is 0 Å². The van der Waals surface area contributed by atoms with E-state index in [0.717, 1.165) is 20.2 Å². The van der Waals surface area contributed by atoms with Crippen LogP contribution in [0, 0.1) is 6.92 Å². The molecule has 0 spiro atoms. The zero-order valence-electron chi connectivity index (χ0n) is 8.17. The number of hydrogen-bond donors (Lipinski definition) is 0. The molecule has 0 fully saturated rings. The Morgan fingerprint density at radius 3 is 2.33 bits per heavy atom. The SMILES string of the molecule is Cc1ccc(-c2ncc(Br)cc2Br)cc1. The summed E-state index contributed by atoms with van der Waals surface area (Å²) in [5.74, 6) is 0. The van der Waals surface area contributed by atoms with Crippen molar-refractivity contribution in [3.05, 3.63) is 51.0 Å². The fourth-order valence-corrected chi connectivity index (χ4v) is 2.55. The maximum Gasteiger partial charge on any atom is 0.0844 e. The van der Waals surface area contributed by atoms with Crippen molar-refractivity contribution in [3.63, 3.8) is 0 Å². The van der Waals surface area contributed by atoms with Crippen LogP contribution in [0.1, 0.15) is 5.56 Å². The molecule has 0 N–H and O–H groups in total. The molecule has 0 amide bonds. The number of halogens is 2. The number of pyridine rings is 1. The molecule has 0 aliphatic rings. The molecule has 1 aromatic carbocycles. The summed E-state index contributed by atoms with van der Waals surface area (Å²) in [5.41, 5.74) is 3.35. The molecule has 0 aliphatic heterocycles. The average molecular weight is 327 g/mol. The summed E-state index contributed by atoms with van der Waals surface area (Å²) in [6, 6.07) is 10.3. The molecule has 0 atom stereocenters. The lowest BCUT2D eigenvalue weighted by atomic mass is 10.1. The fourth-order valence-electron chi connectivity index (χ4n) is 1.34. The molecule has 1 nitrogen and oxygen atoms in total. The zero-order chi connectivity index (χ0) is 10.8. The predicted molar refractivity (Wildman–Crippen MR) is 69.8 cm³/mol. The number of aromatic nitrogens is 1. The van der Waals surface area contributed by atoms with Gasteiger partial charge in [0.15, 0.2) is 0 Å². The van der Waals surface area contributed by atoms with Crippen LogP contribution in [0.2, 0.25) is 0 Å². The highest BCUT2D eigenvalue weighted by molar-refractivity contribution is 9.11. The Labute approximate surface area is 106 Å². The van der Waals surface area contributed by atoms with Crippen LogP contribution in [-0.2, 0) is 0 Å². The van der Waals surface area contributed by atoms with Crippen molar-refractivity contribution in [1.82, 2.24) is 4.98 Å². The Bertz CT molecular complexity index is 477. The number of aryl methyl sites for hydroxylation is 1. The van der Waals surface area contributed by atoms with Crippen LogP contribution in [0.5, 0.6) is 0 Å². The van der Waals surface area contributed by atoms with Crippen molar-refractivity contribution in [2.45, 2.75) is 6.92 Å². The minimum Gasteiger partial charge on any atom is -0.254 e. The van der Waals surface area contributed by atoms with E-state index < -0.39 is 0 Å². The second-order valence-electron chi connectivity index (χ2n) is 3.35. The van der Waals surface area contributed by atoms with Gasteiger partial charge in [-0.1, -0.05) is 29.8 Å². The normalized spacial score (nSPS) is 10.3. The summed E-state index contributed by atoms with van der Waals surface area (Å²) < 4.78 is 1.98. The van der Waals surface area contributed by atoms with Crippen molar-refractivity contribution in [2.24, 2.45) is 0 Å². The highest BCUT2D eigenvalue weighted by Crippen LogP contribution is 2.28. The highest BCUT2D eigenvalue weighted by atomic mass is 79.9. The highest BCUT2D eigenvalue weighted by Gasteiger charge is 2.04. The van der Waals surface area contributed by atoms with Gasteiger partial charge in [-0.15, -0.1) is 0 Å². The van der Waals surface area contributed by atoms with Crippen LogP contribution in [-0.4, -0.2) is 4.98 Å². The second-order valence-corrected chi connectivity index (χ2v) is 5.12. The Morgan fingerprint density at radius 1 is 1.07 bits per heavy atom. The van der Waals surface area contributed by atoms with E-state index in [1.165, 1.54) is 5.56 Å². The number of nitrogens with zero attached hydrogens (tertiary/aromatic N) is 1. The van der Waals surface area contributed by atoms with E-state index in [1.54, 1.807) is 6.20 Å². The topological polar surface area (TPSA) is 12.9 Å². The molecule has 0 aliphatic carbocycles. The van der Waals surface area contributed by atoms with Gasteiger partial charge < -0.3 is 0 Å². The summed E-state index contributed by atoms with van der Waals surface area (Å²) in [7, 11) is 0. The molecular formula is C12H9Br2N. The molecule has 0 saturated carbocycles. The number of benzene rings is 1. The first kappa shape index (κ1) is 10.8. The van der Waals surface area contributed by atoms with Crippen molar-refractivity contribution in [1.29, 1.82) is 0 Å². The van der Waals surface area contributed by atoms with Crippen molar-refractivity contribution >= 4 is 31.9 Å². The van der Waals surface area contributed by atoms with Gasteiger partial charge in [0.2, 0.25) is 0 Å². The molecule has 1 aromatic heterocycles. The monoisotopic (exact) mass is 325 g/mol. The standard InChI is InChI=1S/C12H9Br2N/c1-8-2-4-9(5-3-8)12-11(14)6-10(13)7-15-12/h2-7H,1H3. The van der Waals surface area contributed by atoms with Gasteiger partial charge in [0.25, 0.3) is 0 Å². The third-order valence-corrected chi connectivity index (χ3v) is 3.17. The summed E-state index contributed by atoms with van der Waals surface area (Å²) in [4.78, 5) is 4.38. The van der Waals surface area contributed by atoms with Crippen LogP contribution < -0.4 is 0 Å². The van der Waals surface area contributed by atoms with Crippen LogP contribution in [0.4, 0.5) is 0 Å². The first-order chi connectivity index (χ1) is 7.16. The largest absolute Gasteiger partial charge is 0.254 e. The molecule has 76 valence electrons. The molecule has 0 radical (unpaired) electrons. The van der Waals surface area contributed by atoms with Gasteiger partial charge in [0, 0.05) is 20.7 Å². The van der Waals surface area contributed by atoms with Gasteiger partial charge in [-0.3, -0.25) is 4.98 Å². The number of rotatable bonds is 1. The first-order valence-corrected chi connectivity index (χ1v) is 6.13. The smallest absolute Gasteiger partial charge is 0.0844 e. The fraction of sp³-hybridized carbons (Fsp3) is 0.0833. The number of hydrogen-bond acceptors (Lipinski definition) is 1. The van der Waals surface area contributed by atoms with Crippen molar-refractivity contribution in [2.75, 3.05) is 0 Å². The van der Waals surface area contributed by atoms with Gasteiger partial charge in [-0.2, -0.15) is 0 Å². The van der Waals surface area contributed by atoms with E-state index in [9.17, 15) is 0 Å². The van der Waals surface area contributed by atoms with E-state index in [0.29, 0.717) is 0 Å². The van der Waals surface area contributed by atoms with E-state index >= 15 is 0 Å². The molecule has 2 rings (SSSR count). The summed E-state index contributed by atoms with van der Waals surface area (Å²) in [5, 5.41) is 0. The molecule has 15 heavy (non-hydrogen) atoms. The maximum atomic E-state index is 4.38. The lowest BCUT2D eigenvalue weighted by molar-refractivity contribution is 1.29. The third-order valence-electron chi connectivity index (χ3n) is 2.13. The maximum absolute atomic E-state index is 4.38. The van der Waals surface area contributed by atoms with Crippen molar-refractivity contribution in [3.8, 4) is 11.3 Å². The summed E-state index contributed by atoms with van der Waals surface area (Å²) >= 11 is 6.90. The van der Waals surface area contributed by atoms with E-state index in [2.05, 4.69) is 68.0 Å². The Morgan fingerprint density at radius 2 is 1.73 bits per heavy atom. The summed E-state index contributed by atoms with van der Waals surface area (Å²) in [6.45, 7) is 2.08. The minimum atomic E-state index is 0.971. The van der Waals surface area contributed by atoms with Gasteiger partial charge in [0.05, 0.1) is 5.69 Å². The first-order valence-electron chi connectivity index (χ1n) is 4.55. The minimum absolute atomic E-state index is 0.971. The van der Waals surface area contributed by atoms with E-state index in [4.69, 9.17) is 0 Å². The Kier molecular flexibility index (Phi) is 3.22. The Balaban J connectivity index is 2.49. The van der Waals surface area contributed by atoms with Crippen LogP contribution in [0.25, 0.3) is 11.3 Å². The third kappa shape index (κ3) is 2.47. The van der Waals surface area contributed by atoms with Crippen LogP contribution >= 0.6 is 31.9 Å². The molecule has 0 saturated heterocycles. The quantitative estimate of drug-likeness (QED) is 0.747. The lowest BCUT2D eigenvalue weighted by Crippen LogP contribution is -1.85. The van der Waals surface area contributed by atoms with Gasteiger partial charge in [-0.05, 0) is 44.8 Å². The molecule has 2 aromatic rings. The zero-order valence-corrected chi connectivity index (χ0v) is 11.3. The van der Waals surface area contributed by atoms with Gasteiger partial charge in [0.1, 0.15) is 0 Å². The van der Waals surface area contributed by atoms with Crippen LogP contribution in [0.3, 0.4) is 0 Å². The Hall–Kier alpha value is -0.670. The van der Waals surface area contributed by atoms with Gasteiger partial charge in [-0.25, -0.2) is 0 Å². The second kappa shape index (κ2) is 4.45. The van der Waals surface area contributed by atoms with E-state index in [-0.39, 0.29) is 0 Å². The predicted octanol–water partition coefficient (Wildman–Crippen LogP) is 4.58. The van der Waals surface area contributed by atoms with E-state index in [1.807, 2.05) is 6.07 Å². The lowest BCUT2D eigenvalue weighted by Gasteiger charge is -2.04. The van der Waals surface area contributed by atoms with Gasteiger partial charge >= 0.3 is 0 Å². The molecule has 0 bridgehead atoms. The average Bonchev–Trinajstić information content (AvgIpc) is 2.20. The molecule has 3 heteroatoms. The molecular weight excluding hydrogens is 318 g/mol. The molecule has 1 heterocycles. The summed E-state index contributed by atoms with van der Waals surface area (Å²) in [6.07, 6.45) is 1.81.